The monoisotopic (exact) mass is 1070 g/mol. The molecule has 18 heteroatoms. The molecule has 0 bridgehead atoms. The van der Waals surface area contributed by atoms with Crippen molar-refractivity contribution in [3.63, 3.8) is 0 Å². The molecule has 2 heterocycles. The molecule has 2 aliphatic heterocycles. The molecular weight excluding hydrogens is 1020 g/mol. The standard InChI is InChI=1S/C56H49BrO17/c57-31-32-65-55-48(73-54(64)40-29-17-6-18-30-40)46(71-52(62)38-25-13-4-14-26-38)44(42(69-55)34-67-50(60)36-21-9-2-10-22-36)74-56-47(72-53(63)39-27-15-5-16-28-39)45(70-51(61)37-23-11-3-12-24-37)43(58)41(68-56)33-66-49(59)35-19-7-1-8-20-35/h1-30,41-48,55-56,58H,31-34H2. The second-order valence-electron chi connectivity index (χ2n) is 16.6. The number of hydrogen-bond acceptors (Lipinski definition) is 17. The number of carbonyl (C=O) groups excluding carboxylic acids is 6. The van der Waals surface area contributed by atoms with Crippen molar-refractivity contribution < 1.29 is 81.2 Å². The summed E-state index contributed by atoms with van der Waals surface area (Å²) >= 11 is 3.35. The number of aliphatic hydroxyl groups excluding tert-OH is 1. The molecule has 10 unspecified atom stereocenters. The highest BCUT2D eigenvalue weighted by molar-refractivity contribution is 9.09. The lowest BCUT2D eigenvalue weighted by atomic mass is 9.95. The molecule has 8 rings (SSSR count). The van der Waals surface area contributed by atoms with Gasteiger partial charge in [0.2, 0.25) is 0 Å². The van der Waals surface area contributed by atoms with Gasteiger partial charge in [-0.2, -0.15) is 0 Å². The highest BCUT2D eigenvalue weighted by atomic mass is 79.9. The minimum atomic E-state index is -1.97. The maximum Gasteiger partial charge on any atom is 0.338 e. The lowest BCUT2D eigenvalue weighted by molar-refractivity contribution is -0.356. The molecule has 2 fully saturated rings. The summed E-state index contributed by atoms with van der Waals surface area (Å²) in [5.41, 5.74) is 0.586. The number of rotatable bonds is 19. The summed E-state index contributed by atoms with van der Waals surface area (Å²) in [4.78, 5) is 83.5. The first kappa shape index (κ1) is 52.7. The third-order valence-corrected chi connectivity index (χ3v) is 12.0. The lowest BCUT2D eigenvalue weighted by Gasteiger charge is -2.48. The number of halogens is 1. The molecule has 2 saturated heterocycles. The normalized spacial score (nSPS) is 23.3. The Hall–Kier alpha value is -7.58. The molecule has 10 atom stereocenters. The van der Waals surface area contributed by atoms with Gasteiger partial charge < -0.3 is 52.5 Å². The minimum Gasteiger partial charge on any atom is -0.459 e. The number of ether oxygens (including phenoxy) is 10. The number of aliphatic hydroxyl groups is 1. The third kappa shape index (κ3) is 13.5. The highest BCUT2D eigenvalue weighted by Gasteiger charge is 2.57. The third-order valence-electron chi connectivity index (χ3n) is 11.6. The quantitative estimate of drug-likeness (QED) is 0.0482. The Morgan fingerprint density at radius 2 is 0.703 bits per heavy atom. The van der Waals surface area contributed by atoms with Crippen molar-refractivity contribution in [2.75, 3.05) is 25.2 Å². The van der Waals surface area contributed by atoms with Crippen LogP contribution in [0.25, 0.3) is 0 Å². The van der Waals surface area contributed by atoms with Gasteiger partial charge >= 0.3 is 35.8 Å². The molecule has 0 amide bonds. The number of alkyl halides is 1. The van der Waals surface area contributed by atoms with Gasteiger partial charge in [-0.3, -0.25) is 0 Å². The zero-order chi connectivity index (χ0) is 51.8. The van der Waals surface area contributed by atoms with Gasteiger partial charge in [0.15, 0.2) is 37.0 Å². The van der Waals surface area contributed by atoms with Crippen LogP contribution in [0.4, 0.5) is 0 Å². The van der Waals surface area contributed by atoms with Crippen molar-refractivity contribution in [2.45, 2.75) is 61.4 Å². The number of carbonyl (C=O) groups is 6. The number of esters is 6. The van der Waals surface area contributed by atoms with Crippen LogP contribution in [0.2, 0.25) is 0 Å². The van der Waals surface area contributed by atoms with E-state index >= 15 is 0 Å². The number of benzene rings is 6. The van der Waals surface area contributed by atoms with Crippen molar-refractivity contribution in [1.82, 2.24) is 0 Å². The van der Waals surface area contributed by atoms with E-state index in [1.807, 2.05) is 0 Å². The molecule has 2 aliphatic rings. The van der Waals surface area contributed by atoms with E-state index in [1.165, 1.54) is 72.8 Å². The second kappa shape index (κ2) is 25.9. The zero-order valence-corrected chi connectivity index (χ0v) is 40.9. The summed E-state index contributed by atoms with van der Waals surface area (Å²) < 4.78 is 62.0. The van der Waals surface area contributed by atoms with E-state index in [-0.39, 0.29) is 45.3 Å². The summed E-state index contributed by atoms with van der Waals surface area (Å²) in [7, 11) is 0. The Morgan fingerprint density at radius 3 is 1.08 bits per heavy atom. The van der Waals surface area contributed by atoms with E-state index in [0.717, 1.165) is 0 Å². The van der Waals surface area contributed by atoms with Gasteiger partial charge in [0.05, 0.1) is 40.0 Å². The molecule has 1 N–H and O–H groups in total. The SMILES string of the molecule is O=C(OCC1OC(OC2C(COC(=O)c3ccccc3)OC(OCCBr)C(OC(=O)c3ccccc3)C2OC(=O)c2ccccc2)C(OC(=O)c2ccccc2)C(OC(=O)c2ccccc2)C1O)c1ccccc1. The summed E-state index contributed by atoms with van der Waals surface area (Å²) in [6.45, 7) is -1.36. The Morgan fingerprint density at radius 1 is 0.392 bits per heavy atom. The Labute approximate surface area is 433 Å². The average molecular weight is 1070 g/mol. The maximum atomic E-state index is 14.3. The molecule has 6 aromatic carbocycles. The van der Waals surface area contributed by atoms with Gasteiger partial charge in [-0.15, -0.1) is 0 Å². The van der Waals surface area contributed by atoms with Gasteiger partial charge in [-0.25, -0.2) is 28.8 Å². The maximum absolute atomic E-state index is 14.3. The van der Waals surface area contributed by atoms with Crippen molar-refractivity contribution in [1.29, 1.82) is 0 Å². The van der Waals surface area contributed by atoms with E-state index in [0.29, 0.717) is 0 Å². The van der Waals surface area contributed by atoms with Crippen LogP contribution >= 0.6 is 15.9 Å². The minimum absolute atomic E-state index is 0.0360. The molecule has 0 aromatic heterocycles. The molecule has 17 nitrogen and oxygen atoms in total. The fourth-order valence-electron chi connectivity index (χ4n) is 7.98. The van der Waals surface area contributed by atoms with Gasteiger partial charge in [0.25, 0.3) is 0 Å². The van der Waals surface area contributed by atoms with Crippen molar-refractivity contribution in [3.8, 4) is 0 Å². The van der Waals surface area contributed by atoms with E-state index in [2.05, 4.69) is 15.9 Å². The topological polar surface area (TPSA) is 215 Å². The Bertz CT molecular complexity index is 2790. The molecule has 74 heavy (non-hydrogen) atoms. The van der Waals surface area contributed by atoms with Crippen LogP contribution in [0.15, 0.2) is 182 Å². The van der Waals surface area contributed by atoms with Gasteiger partial charge in [0.1, 0.15) is 37.6 Å². The van der Waals surface area contributed by atoms with E-state index in [9.17, 15) is 33.9 Å². The van der Waals surface area contributed by atoms with Crippen LogP contribution in [-0.4, -0.2) is 127 Å². The Balaban J connectivity index is 1.24. The lowest BCUT2D eigenvalue weighted by Crippen LogP contribution is -2.67. The number of hydrogen-bond donors (Lipinski definition) is 1. The van der Waals surface area contributed by atoms with Crippen molar-refractivity contribution in [3.05, 3.63) is 215 Å². The van der Waals surface area contributed by atoms with Crippen LogP contribution in [0.5, 0.6) is 0 Å². The van der Waals surface area contributed by atoms with E-state index < -0.39 is 110 Å². The largest absolute Gasteiger partial charge is 0.459 e. The molecule has 0 spiro atoms. The van der Waals surface area contributed by atoms with Crippen molar-refractivity contribution in [2.24, 2.45) is 0 Å². The van der Waals surface area contributed by atoms with Crippen LogP contribution < -0.4 is 0 Å². The molecular formula is C56H49BrO17. The molecule has 0 aliphatic carbocycles. The first-order valence-corrected chi connectivity index (χ1v) is 24.5. The zero-order valence-electron chi connectivity index (χ0n) is 39.3. The molecule has 382 valence electrons. The van der Waals surface area contributed by atoms with Crippen LogP contribution in [0.3, 0.4) is 0 Å². The second-order valence-corrected chi connectivity index (χ2v) is 17.4. The van der Waals surface area contributed by atoms with E-state index in [1.54, 1.807) is 109 Å². The first-order chi connectivity index (χ1) is 36.1. The summed E-state index contributed by atoms with van der Waals surface area (Å²) in [5, 5.41) is 12.4. The highest BCUT2D eigenvalue weighted by Crippen LogP contribution is 2.36. The van der Waals surface area contributed by atoms with Crippen LogP contribution in [-0.2, 0) is 47.4 Å². The fraction of sp³-hybridized carbons (Fsp3) is 0.250. The van der Waals surface area contributed by atoms with Gasteiger partial charge in [-0.1, -0.05) is 125 Å². The molecule has 0 radical (unpaired) electrons. The van der Waals surface area contributed by atoms with Crippen molar-refractivity contribution >= 4 is 51.7 Å². The van der Waals surface area contributed by atoms with Gasteiger partial charge in [0, 0.05) is 5.33 Å². The van der Waals surface area contributed by atoms with E-state index in [4.69, 9.17) is 47.4 Å². The van der Waals surface area contributed by atoms with Crippen LogP contribution in [0.1, 0.15) is 62.1 Å². The predicted octanol–water partition coefficient (Wildman–Crippen LogP) is 7.21. The smallest absolute Gasteiger partial charge is 0.338 e. The summed E-state index contributed by atoms with van der Waals surface area (Å²) in [6, 6.07) is 47.3. The Kier molecular flexibility index (Phi) is 18.4. The molecule has 0 saturated carbocycles. The summed E-state index contributed by atoms with van der Waals surface area (Å²) in [6.07, 6.45) is -17.4. The fourth-order valence-corrected chi connectivity index (χ4v) is 8.17. The average Bonchev–Trinajstić information content (AvgIpc) is 3.45. The predicted molar refractivity (Wildman–Crippen MR) is 264 cm³/mol. The van der Waals surface area contributed by atoms with Crippen LogP contribution in [0, 0.1) is 0 Å². The first-order valence-electron chi connectivity index (χ1n) is 23.4. The molecule has 6 aromatic rings. The summed E-state index contributed by atoms with van der Waals surface area (Å²) in [5.74, 6) is -5.36. The van der Waals surface area contributed by atoms with Gasteiger partial charge in [-0.05, 0) is 72.8 Å².